The Morgan fingerprint density at radius 1 is 1.23 bits per heavy atom. The third-order valence-corrected chi connectivity index (χ3v) is 5.11. The van der Waals surface area contributed by atoms with E-state index in [1.54, 1.807) is 31.3 Å². The number of amides is 2. The topological polar surface area (TPSA) is 86.9 Å². The number of aromatic amines is 1. The molecule has 0 bridgehead atoms. The number of aryl methyl sites for hydroxylation is 1. The minimum atomic E-state index is -0.460. The number of hydrogen-bond donors (Lipinski definition) is 3. The molecule has 2 heterocycles. The first kappa shape index (κ1) is 18.3. The molecule has 3 N–H and O–H groups in total. The molecule has 0 unspecified atom stereocenters. The first-order valence-electron chi connectivity index (χ1n) is 7.57. The molecule has 0 radical (unpaired) electrons. The van der Waals surface area contributed by atoms with Gasteiger partial charge < -0.3 is 4.98 Å². The first-order valence-corrected chi connectivity index (χ1v) is 9.18. The number of nitrogens with zero attached hydrogens (tertiary/aromatic N) is 1. The van der Waals surface area contributed by atoms with Crippen molar-refractivity contribution >= 4 is 39.1 Å². The van der Waals surface area contributed by atoms with E-state index < -0.39 is 11.8 Å². The van der Waals surface area contributed by atoms with Crippen LogP contribution < -0.4 is 10.9 Å². The Bertz CT molecular complexity index is 952. The van der Waals surface area contributed by atoms with E-state index in [4.69, 9.17) is 0 Å². The molecule has 2 amide bonds. The van der Waals surface area contributed by atoms with E-state index in [9.17, 15) is 14.0 Å². The van der Waals surface area contributed by atoms with Gasteiger partial charge in [-0.05, 0) is 46.6 Å². The zero-order chi connectivity index (χ0) is 18.7. The summed E-state index contributed by atoms with van der Waals surface area (Å²) in [5.41, 5.74) is 6.52. The third-order valence-electron chi connectivity index (χ3n) is 3.50. The summed E-state index contributed by atoms with van der Waals surface area (Å²) in [6.45, 7) is 1.73. The zero-order valence-electron chi connectivity index (χ0n) is 13.6. The normalized spacial score (nSPS) is 10.6. The van der Waals surface area contributed by atoms with Crippen molar-refractivity contribution in [1.82, 2.24) is 20.8 Å². The maximum Gasteiger partial charge on any atom is 0.286 e. The van der Waals surface area contributed by atoms with Crippen LogP contribution in [-0.4, -0.2) is 21.8 Å². The van der Waals surface area contributed by atoms with Crippen molar-refractivity contribution in [2.24, 2.45) is 0 Å². The van der Waals surface area contributed by atoms with Crippen molar-refractivity contribution < 1.29 is 14.0 Å². The number of carbonyl (C=O) groups excluding carboxylic acids is 2. The van der Waals surface area contributed by atoms with E-state index in [-0.39, 0.29) is 5.82 Å². The number of hydrogen-bond acceptors (Lipinski definition) is 4. The lowest BCUT2D eigenvalue weighted by Crippen LogP contribution is -2.41. The van der Waals surface area contributed by atoms with E-state index in [0.717, 1.165) is 15.0 Å². The largest absolute Gasteiger partial charge is 0.356 e. The Kier molecular flexibility index (Phi) is 5.48. The highest BCUT2D eigenvalue weighted by molar-refractivity contribution is 9.10. The molecular formula is C17H14BrFN4O2S. The van der Waals surface area contributed by atoms with E-state index in [1.807, 2.05) is 0 Å². The number of thiazole rings is 1. The van der Waals surface area contributed by atoms with Crippen molar-refractivity contribution in [3.8, 4) is 0 Å². The average molecular weight is 437 g/mol. The second kappa shape index (κ2) is 7.79. The fraction of sp³-hybridized carbons (Fsp3) is 0.118. The van der Waals surface area contributed by atoms with Gasteiger partial charge in [0.25, 0.3) is 11.8 Å². The van der Waals surface area contributed by atoms with Crippen LogP contribution in [0.15, 0.2) is 41.0 Å². The number of rotatable bonds is 4. The molecule has 9 heteroatoms. The number of H-pyrrole nitrogens is 1. The summed E-state index contributed by atoms with van der Waals surface area (Å²) in [6, 6.07) is 7.73. The minimum Gasteiger partial charge on any atom is -0.356 e. The van der Waals surface area contributed by atoms with Crippen LogP contribution in [0.25, 0.3) is 0 Å². The summed E-state index contributed by atoms with van der Waals surface area (Å²) in [5, 5.41) is 0.735. The quantitative estimate of drug-likeness (QED) is 0.548. The van der Waals surface area contributed by atoms with Crippen molar-refractivity contribution in [3.05, 3.63) is 73.7 Å². The lowest BCUT2D eigenvalue weighted by atomic mass is 10.1. The van der Waals surface area contributed by atoms with Crippen molar-refractivity contribution in [2.75, 3.05) is 0 Å². The monoisotopic (exact) mass is 436 g/mol. The van der Waals surface area contributed by atoms with Crippen LogP contribution in [0, 0.1) is 12.7 Å². The molecule has 1 aromatic carbocycles. The molecule has 3 aromatic rings. The number of aromatic nitrogens is 2. The summed E-state index contributed by atoms with van der Waals surface area (Å²) in [6.07, 6.45) is 2.12. The fourth-order valence-corrected chi connectivity index (χ4v) is 3.59. The SMILES string of the molecule is Cc1nc(Cc2ccc(F)cc2)sc1C(=O)NNC(=O)c1cc(Br)c[nH]1. The van der Waals surface area contributed by atoms with Gasteiger partial charge in [0, 0.05) is 17.1 Å². The van der Waals surface area contributed by atoms with Gasteiger partial charge in [0.05, 0.1) is 10.7 Å². The van der Waals surface area contributed by atoms with Gasteiger partial charge in [0.1, 0.15) is 16.4 Å². The van der Waals surface area contributed by atoms with Crippen LogP contribution in [0.1, 0.15) is 36.4 Å². The molecule has 6 nitrogen and oxygen atoms in total. The van der Waals surface area contributed by atoms with E-state index in [1.165, 1.54) is 23.5 Å². The van der Waals surface area contributed by atoms with Gasteiger partial charge in [-0.3, -0.25) is 20.4 Å². The Morgan fingerprint density at radius 3 is 2.58 bits per heavy atom. The predicted molar refractivity (Wildman–Crippen MR) is 99.5 cm³/mol. The summed E-state index contributed by atoms with van der Waals surface area (Å²) in [4.78, 5) is 31.8. The second-order valence-corrected chi connectivity index (χ2v) is 7.46. The number of halogens is 2. The Balaban J connectivity index is 1.63. The molecule has 134 valence electrons. The Morgan fingerprint density at radius 2 is 1.92 bits per heavy atom. The van der Waals surface area contributed by atoms with Crippen LogP contribution in [0.4, 0.5) is 4.39 Å². The first-order chi connectivity index (χ1) is 12.4. The number of carbonyl (C=O) groups is 2. The second-order valence-electron chi connectivity index (χ2n) is 5.47. The molecule has 0 aliphatic carbocycles. The Labute approximate surface area is 161 Å². The van der Waals surface area contributed by atoms with Crippen LogP contribution in [-0.2, 0) is 6.42 Å². The van der Waals surface area contributed by atoms with Gasteiger partial charge >= 0.3 is 0 Å². The highest BCUT2D eigenvalue weighted by Crippen LogP contribution is 2.21. The van der Waals surface area contributed by atoms with Gasteiger partial charge in [0.15, 0.2) is 0 Å². The number of hydrazine groups is 1. The van der Waals surface area contributed by atoms with Crippen LogP contribution in [0.5, 0.6) is 0 Å². The maximum absolute atomic E-state index is 13.0. The number of nitrogens with one attached hydrogen (secondary N) is 3. The van der Waals surface area contributed by atoms with E-state index in [2.05, 4.69) is 36.7 Å². The summed E-state index contributed by atoms with van der Waals surface area (Å²) >= 11 is 4.47. The fourth-order valence-electron chi connectivity index (χ4n) is 2.25. The molecule has 26 heavy (non-hydrogen) atoms. The molecule has 0 atom stereocenters. The predicted octanol–water partition coefficient (Wildman–Crippen LogP) is 3.35. The highest BCUT2D eigenvalue weighted by atomic mass is 79.9. The van der Waals surface area contributed by atoms with Crippen LogP contribution in [0.2, 0.25) is 0 Å². The molecule has 0 saturated carbocycles. The van der Waals surface area contributed by atoms with Gasteiger partial charge in [-0.1, -0.05) is 12.1 Å². The summed E-state index contributed by atoms with van der Waals surface area (Å²) < 4.78 is 13.7. The van der Waals surface area contributed by atoms with Crippen molar-refractivity contribution in [2.45, 2.75) is 13.3 Å². The summed E-state index contributed by atoms with van der Waals surface area (Å²) in [7, 11) is 0. The smallest absolute Gasteiger partial charge is 0.286 e. The Hall–Kier alpha value is -2.52. The van der Waals surface area contributed by atoms with Gasteiger partial charge in [-0.15, -0.1) is 11.3 Å². The minimum absolute atomic E-state index is 0.297. The molecular weight excluding hydrogens is 423 g/mol. The van der Waals surface area contributed by atoms with Gasteiger partial charge in [0.2, 0.25) is 0 Å². The van der Waals surface area contributed by atoms with E-state index in [0.29, 0.717) is 22.7 Å². The maximum atomic E-state index is 13.0. The van der Waals surface area contributed by atoms with Crippen molar-refractivity contribution in [3.63, 3.8) is 0 Å². The standard InChI is InChI=1S/C17H14BrFN4O2S/c1-9-15(17(25)23-22-16(24)13-7-11(18)8-20-13)26-14(21-9)6-10-2-4-12(19)5-3-10/h2-5,7-8,20H,6H2,1H3,(H,22,24)(H,23,25). The molecule has 0 aliphatic heterocycles. The molecule has 0 spiro atoms. The van der Waals surface area contributed by atoms with Gasteiger partial charge in [-0.2, -0.15) is 0 Å². The highest BCUT2D eigenvalue weighted by Gasteiger charge is 2.17. The lowest BCUT2D eigenvalue weighted by Gasteiger charge is -2.05. The number of benzene rings is 1. The molecule has 0 saturated heterocycles. The lowest BCUT2D eigenvalue weighted by molar-refractivity contribution is 0.0846. The van der Waals surface area contributed by atoms with Crippen molar-refractivity contribution in [1.29, 1.82) is 0 Å². The third kappa shape index (κ3) is 4.36. The van der Waals surface area contributed by atoms with Crippen LogP contribution in [0.3, 0.4) is 0 Å². The van der Waals surface area contributed by atoms with Crippen LogP contribution >= 0.6 is 27.3 Å². The average Bonchev–Trinajstić information content (AvgIpc) is 3.20. The molecule has 0 fully saturated rings. The molecule has 3 rings (SSSR count). The van der Waals surface area contributed by atoms with E-state index >= 15 is 0 Å². The zero-order valence-corrected chi connectivity index (χ0v) is 16.0. The van der Waals surface area contributed by atoms with Gasteiger partial charge in [-0.25, -0.2) is 9.37 Å². The summed E-state index contributed by atoms with van der Waals surface area (Å²) in [5.74, 6) is -1.20. The molecule has 0 aliphatic rings. The molecule has 2 aromatic heterocycles.